The first-order chi connectivity index (χ1) is 6.92. The van der Waals surface area contributed by atoms with Crippen LogP contribution in [0.4, 0.5) is 0 Å². The molecular weight excluding hydrogens is 214 g/mol. The number of rotatable bonds is 3. The van der Waals surface area contributed by atoms with E-state index in [1.165, 1.54) is 0 Å². The summed E-state index contributed by atoms with van der Waals surface area (Å²) in [6, 6.07) is 0. The van der Waals surface area contributed by atoms with Crippen LogP contribution in [-0.2, 0) is 4.79 Å². The zero-order chi connectivity index (χ0) is 11.6. The molecule has 1 fully saturated rings. The molecule has 1 saturated heterocycles. The monoisotopic (exact) mass is 233 g/mol. The average Bonchev–Trinajstić information content (AvgIpc) is 2.51. The number of aliphatic hydroxyl groups is 1. The highest BCUT2D eigenvalue weighted by Gasteiger charge is 2.41. The van der Waals surface area contributed by atoms with Crippen molar-refractivity contribution in [1.29, 1.82) is 0 Å². The Morgan fingerprint density at radius 3 is 2.67 bits per heavy atom. The van der Waals surface area contributed by atoms with Crippen molar-refractivity contribution in [3.8, 4) is 0 Å². The topological polar surface area (TPSA) is 40.5 Å². The number of hydrogen-bond donors (Lipinski definition) is 1. The molecule has 4 heteroatoms. The molecule has 2 atom stereocenters. The Labute approximate surface area is 96.4 Å². The maximum Gasteiger partial charge on any atom is 0.240 e. The summed E-state index contributed by atoms with van der Waals surface area (Å²) >= 11 is 5.93. The maximum atomic E-state index is 11.8. The molecular formula is C11H20ClNO2. The summed E-state index contributed by atoms with van der Waals surface area (Å²) in [5, 5.41) is 8.81. The van der Waals surface area contributed by atoms with Crippen molar-refractivity contribution in [2.24, 2.45) is 11.3 Å². The van der Waals surface area contributed by atoms with Crippen LogP contribution in [0.2, 0.25) is 0 Å². The van der Waals surface area contributed by atoms with Crippen LogP contribution >= 0.6 is 11.6 Å². The Kier molecular flexibility index (Phi) is 4.01. The van der Waals surface area contributed by atoms with Crippen LogP contribution < -0.4 is 0 Å². The Morgan fingerprint density at radius 1 is 1.67 bits per heavy atom. The van der Waals surface area contributed by atoms with E-state index in [0.717, 1.165) is 0 Å². The molecule has 1 heterocycles. The van der Waals surface area contributed by atoms with E-state index in [1.807, 2.05) is 6.92 Å². The Hall–Kier alpha value is -0.280. The van der Waals surface area contributed by atoms with Crippen LogP contribution in [0.15, 0.2) is 0 Å². The van der Waals surface area contributed by atoms with Crippen molar-refractivity contribution >= 4 is 17.5 Å². The number of likely N-dealkylation sites (tertiary alicyclic amines) is 1. The molecule has 0 spiro atoms. The second-order valence-corrected chi connectivity index (χ2v) is 5.49. The number of amides is 1. The fraction of sp³-hybridized carbons (Fsp3) is 0.909. The van der Waals surface area contributed by atoms with Crippen molar-refractivity contribution in [3.05, 3.63) is 0 Å². The Morgan fingerprint density at radius 2 is 2.27 bits per heavy atom. The standard InChI is InChI=1S/C11H20ClNO2/c1-4-9(12)10(15)13-5-8(6-14)11(2,3)7-13/h8-9,14H,4-7H2,1-3H3/t8-,9+/m1/s1. The molecule has 15 heavy (non-hydrogen) atoms. The van der Waals surface area contributed by atoms with Gasteiger partial charge in [0.2, 0.25) is 5.91 Å². The van der Waals surface area contributed by atoms with Gasteiger partial charge in [-0.3, -0.25) is 4.79 Å². The first-order valence-corrected chi connectivity index (χ1v) is 5.89. The minimum Gasteiger partial charge on any atom is -0.396 e. The summed E-state index contributed by atoms with van der Waals surface area (Å²) < 4.78 is 0. The average molecular weight is 234 g/mol. The van der Waals surface area contributed by atoms with Gasteiger partial charge in [0.15, 0.2) is 0 Å². The summed E-state index contributed by atoms with van der Waals surface area (Å²) in [7, 11) is 0. The molecule has 3 nitrogen and oxygen atoms in total. The predicted octanol–water partition coefficient (Wildman–Crippen LogP) is 1.48. The van der Waals surface area contributed by atoms with Gasteiger partial charge >= 0.3 is 0 Å². The van der Waals surface area contributed by atoms with Crippen molar-refractivity contribution in [2.75, 3.05) is 19.7 Å². The number of aliphatic hydroxyl groups excluding tert-OH is 1. The van der Waals surface area contributed by atoms with E-state index >= 15 is 0 Å². The molecule has 0 radical (unpaired) electrons. The molecule has 0 aliphatic carbocycles. The van der Waals surface area contributed by atoms with Crippen LogP contribution in [0.3, 0.4) is 0 Å². The molecule has 1 amide bonds. The van der Waals surface area contributed by atoms with Crippen LogP contribution in [-0.4, -0.2) is 41.0 Å². The quantitative estimate of drug-likeness (QED) is 0.751. The fourth-order valence-corrected chi connectivity index (χ4v) is 2.18. The van der Waals surface area contributed by atoms with Crippen molar-refractivity contribution in [3.63, 3.8) is 0 Å². The minimum absolute atomic E-state index is 0.00296. The van der Waals surface area contributed by atoms with Crippen molar-refractivity contribution in [1.82, 2.24) is 4.90 Å². The SMILES string of the molecule is CC[C@H](Cl)C(=O)N1C[C@H](CO)C(C)(C)C1. The molecule has 0 aromatic heterocycles. The van der Waals surface area contributed by atoms with E-state index in [9.17, 15) is 9.90 Å². The van der Waals surface area contributed by atoms with Crippen LogP contribution in [0.1, 0.15) is 27.2 Å². The summed E-state index contributed by atoms with van der Waals surface area (Å²) in [5.74, 6) is 0.172. The van der Waals surface area contributed by atoms with E-state index in [4.69, 9.17) is 11.6 Å². The summed E-state index contributed by atoms with van der Waals surface area (Å²) in [6.07, 6.45) is 0.654. The minimum atomic E-state index is -0.418. The van der Waals surface area contributed by atoms with Gasteiger partial charge in [-0.05, 0) is 11.8 Å². The third-order valence-corrected chi connectivity index (χ3v) is 3.80. The van der Waals surface area contributed by atoms with Crippen molar-refractivity contribution in [2.45, 2.75) is 32.6 Å². The highest BCUT2D eigenvalue weighted by atomic mass is 35.5. The first-order valence-electron chi connectivity index (χ1n) is 5.46. The molecule has 1 aliphatic heterocycles. The summed E-state index contributed by atoms with van der Waals surface area (Å²) in [4.78, 5) is 13.6. The largest absolute Gasteiger partial charge is 0.396 e. The summed E-state index contributed by atoms with van der Waals surface area (Å²) in [6.45, 7) is 7.52. The molecule has 0 unspecified atom stereocenters. The summed E-state index contributed by atoms with van der Waals surface area (Å²) in [5.41, 5.74) is -0.00520. The van der Waals surface area contributed by atoms with E-state index < -0.39 is 5.38 Å². The zero-order valence-electron chi connectivity index (χ0n) is 9.66. The molecule has 0 bridgehead atoms. The zero-order valence-corrected chi connectivity index (χ0v) is 10.4. The van der Waals surface area contributed by atoms with E-state index in [-0.39, 0.29) is 23.8 Å². The number of carbonyl (C=O) groups is 1. The maximum absolute atomic E-state index is 11.8. The van der Waals surface area contributed by atoms with Gasteiger partial charge in [-0.25, -0.2) is 0 Å². The second-order valence-electron chi connectivity index (χ2n) is 4.96. The van der Waals surface area contributed by atoms with E-state index in [2.05, 4.69) is 13.8 Å². The van der Waals surface area contributed by atoms with Gasteiger partial charge in [-0.15, -0.1) is 11.6 Å². The van der Waals surface area contributed by atoms with Crippen LogP contribution in [0.5, 0.6) is 0 Å². The van der Waals surface area contributed by atoms with Gasteiger partial charge in [-0.1, -0.05) is 20.8 Å². The number of nitrogens with zero attached hydrogens (tertiary/aromatic N) is 1. The van der Waals surface area contributed by atoms with E-state index in [1.54, 1.807) is 4.90 Å². The van der Waals surface area contributed by atoms with Gasteiger partial charge in [0.1, 0.15) is 5.38 Å². The fourth-order valence-electron chi connectivity index (χ4n) is 2.04. The lowest BCUT2D eigenvalue weighted by atomic mass is 9.83. The molecule has 1 rings (SSSR count). The smallest absolute Gasteiger partial charge is 0.240 e. The number of halogens is 1. The highest BCUT2D eigenvalue weighted by Crippen LogP contribution is 2.35. The lowest BCUT2D eigenvalue weighted by Crippen LogP contribution is -2.35. The molecule has 0 saturated carbocycles. The number of carbonyl (C=O) groups excluding carboxylic acids is 1. The molecule has 0 aromatic carbocycles. The lowest BCUT2D eigenvalue weighted by Gasteiger charge is -2.23. The lowest BCUT2D eigenvalue weighted by molar-refractivity contribution is -0.130. The first kappa shape index (κ1) is 12.8. The van der Waals surface area contributed by atoms with Gasteiger partial charge in [-0.2, -0.15) is 0 Å². The number of alkyl halides is 1. The molecule has 1 N–H and O–H groups in total. The molecule has 88 valence electrons. The van der Waals surface area contributed by atoms with Crippen molar-refractivity contribution < 1.29 is 9.90 Å². The third kappa shape index (κ3) is 2.64. The predicted molar refractivity (Wildman–Crippen MR) is 60.9 cm³/mol. The second kappa shape index (κ2) is 4.71. The Balaban J connectivity index is 2.65. The number of hydrogen-bond acceptors (Lipinski definition) is 2. The normalized spacial score (nSPS) is 26.7. The molecule has 1 aliphatic rings. The van der Waals surface area contributed by atoms with E-state index in [0.29, 0.717) is 19.5 Å². The van der Waals surface area contributed by atoms with Crippen LogP contribution in [0, 0.1) is 11.3 Å². The highest BCUT2D eigenvalue weighted by molar-refractivity contribution is 6.30. The van der Waals surface area contributed by atoms with Gasteiger partial charge in [0.05, 0.1) is 0 Å². The van der Waals surface area contributed by atoms with Crippen LogP contribution in [0.25, 0.3) is 0 Å². The Bertz CT molecular complexity index is 243. The van der Waals surface area contributed by atoms with Gasteiger partial charge < -0.3 is 10.0 Å². The molecule has 0 aromatic rings. The van der Waals surface area contributed by atoms with Gasteiger partial charge in [0.25, 0.3) is 0 Å². The van der Waals surface area contributed by atoms with Gasteiger partial charge in [0, 0.05) is 25.6 Å². The third-order valence-electron chi connectivity index (χ3n) is 3.30.